The minimum atomic E-state index is 0. The largest absolute Gasteiger partial charge is 0.369 e. The number of halogens is 1. The zero-order valence-electron chi connectivity index (χ0n) is 16.0. The summed E-state index contributed by atoms with van der Waals surface area (Å²) < 4.78 is 0. The van der Waals surface area contributed by atoms with E-state index in [1.807, 2.05) is 19.9 Å². The number of amides is 1. The van der Waals surface area contributed by atoms with E-state index in [1.54, 1.807) is 0 Å². The van der Waals surface area contributed by atoms with Crippen LogP contribution in [0.15, 0.2) is 35.3 Å². The second-order valence-electron chi connectivity index (χ2n) is 6.62. The summed E-state index contributed by atoms with van der Waals surface area (Å²) in [7, 11) is 0. The molecule has 1 aliphatic rings. The molecule has 0 saturated carbocycles. The van der Waals surface area contributed by atoms with Crippen molar-refractivity contribution in [2.45, 2.75) is 33.2 Å². The van der Waals surface area contributed by atoms with E-state index in [1.165, 1.54) is 5.69 Å². The van der Waals surface area contributed by atoms with Gasteiger partial charge in [-0.1, -0.05) is 32.0 Å². The summed E-state index contributed by atoms with van der Waals surface area (Å²) in [6.07, 6.45) is 1.09. The zero-order valence-corrected chi connectivity index (χ0v) is 18.3. The van der Waals surface area contributed by atoms with Crippen LogP contribution in [-0.2, 0) is 4.79 Å². The number of nitrogens with zero attached hydrogens (tertiary/aromatic N) is 2. The molecule has 1 atom stereocenters. The fraction of sp³-hybridized carbons (Fsp3) is 0.579. The number of guanidine groups is 1. The van der Waals surface area contributed by atoms with Crippen LogP contribution in [0, 0.1) is 5.92 Å². The standard InChI is InChI=1S/C19H31N5O.HI/c1-4-20-19(22-12-11-21-18(25)15(2)3)23-16-10-13-24(14-16)17-8-6-5-7-9-17;/h5-9,15-16H,4,10-14H2,1-3H3,(H,21,25)(H2,20,22,23);1H. The lowest BCUT2D eigenvalue weighted by atomic mass is 10.2. The van der Waals surface area contributed by atoms with Crippen LogP contribution in [0.5, 0.6) is 0 Å². The summed E-state index contributed by atoms with van der Waals surface area (Å²) in [5.41, 5.74) is 1.27. The van der Waals surface area contributed by atoms with Gasteiger partial charge in [-0.25, -0.2) is 0 Å². The number of aliphatic imine (C=N–C) groups is 1. The predicted molar refractivity (Wildman–Crippen MR) is 119 cm³/mol. The van der Waals surface area contributed by atoms with Crippen LogP contribution in [0.25, 0.3) is 0 Å². The molecule has 1 unspecified atom stereocenters. The Morgan fingerprint density at radius 1 is 1.27 bits per heavy atom. The van der Waals surface area contributed by atoms with Crippen LogP contribution in [0.1, 0.15) is 27.2 Å². The average Bonchev–Trinajstić information content (AvgIpc) is 3.07. The summed E-state index contributed by atoms with van der Waals surface area (Å²) in [5.74, 6) is 0.904. The molecule has 0 aliphatic carbocycles. The molecule has 0 bridgehead atoms. The van der Waals surface area contributed by atoms with E-state index < -0.39 is 0 Å². The summed E-state index contributed by atoms with van der Waals surface area (Å²) >= 11 is 0. The van der Waals surface area contributed by atoms with E-state index in [0.29, 0.717) is 19.1 Å². The predicted octanol–water partition coefficient (Wildman–Crippen LogP) is 2.21. The molecular formula is C19H32IN5O. The molecule has 0 spiro atoms. The average molecular weight is 473 g/mol. The Morgan fingerprint density at radius 2 is 2.00 bits per heavy atom. The molecule has 1 amide bonds. The highest BCUT2D eigenvalue weighted by Crippen LogP contribution is 2.19. The highest BCUT2D eigenvalue weighted by Gasteiger charge is 2.23. The molecule has 26 heavy (non-hydrogen) atoms. The zero-order chi connectivity index (χ0) is 18.1. The van der Waals surface area contributed by atoms with Gasteiger partial charge in [-0.15, -0.1) is 24.0 Å². The number of benzene rings is 1. The minimum Gasteiger partial charge on any atom is -0.369 e. The smallest absolute Gasteiger partial charge is 0.222 e. The van der Waals surface area contributed by atoms with Crippen molar-refractivity contribution in [1.82, 2.24) is 16.0 Å². The third-order valence-corrected chi connectivity index (χ3v) is 4.20. The first-order valence-corrected chi connectivity index (χ1v) is 9.22. The molecule has 7 heteroatoms. The molecule has 6 nitrogen and oxygen atoms in total. The van der Waals surface area contributed by atoms with Gasteiger partial charge in [-0.05, 0) is 25.5 Å². The fourth-order valence-corrected chi connectivity index (χ4v) is 2.82. The second kappa shape index (κ2) is 12.0. The van der Waals surface area contributed by atoms with E-state index in [2.05, 4.69) is 57.0 Å². The molecule has 0 aromatic heterocycles. The van der Waals surface area contributed by atoms with E-state index in [0.717, 1.165) is 32.0 Å². The monoisotopic (exact) mass is 473 g/mol. The molecule has 1 aromatic rings. The van der Waals surface area contributed by atoms with Crippen LogP contribution in [0.3, 0.4) is 0 Å². The van der Waals surface area contributed by atoms with Gasteiger partial charge in [0.15, 0.2) is 5.96 Å². The number of hydrogen-bond donors (Lipinski definition) is 3. The number of carbonyl (C=O) groups excluding carboxylic acids is 1. The van der Waals surface area contributed by atoms with Gasteiger partial charge in [0.25, 0.3) is 0 Å². The molecule has 1 saturated heterocycles. The lowest BCUT2D eigenvalue weighted by Gasteiger charge is -2.20. The van der Waals surface area contributed by atoms with Crippen molar-refractivity contribution >= 4 is 41.5 Å². The Balaban J connectivity index is 0.00000338. The lowest BCUT2D eigenvalue weighted by Crippen LogP contribution is -2.45. The molecule has 0 radical (unpaired) electrons. The lowest BCUT2D eigenvalue weighted by molar-refractivity contribution is -0.123. The maximum absolute atomic E-state index is 11.6. The Labute approximate surface area is 174 Å². The first-order chi connectivity index (χ1) is 12.1. The van der Waals surface area contributed by atoms with Crippen molar-refractivity contribution in [3.8, 4) is 0 Å². The Kier molecular flexibility index (Phi) is 10.4. The van der Waals surface area contributed by atoms with Crippen molar-refractivity contribution in [2.24, 2.45) is 10.9 Å². The molecule has 1 heterocycles. The molecule has 3 N–H and O–H groups in total. The van der Waals surface area contributed by atoms with Crippen molar-refractivity contribution in [1.29, 1.82) is 0 Å². The van der Waals surface area contributed by atoms with Crippen molar-refractivity contribution in [2.75, 3.05) is 37.6 Å². The van der Waals surface area contributed by atoms with Gasteiger partial charge in [0.1, 0.15) is 0 Å². The topological polar surface area (TPSA) is 68.8 Å². The number of hydrogen-bond acceptors (Lipinski definition) is 3. The summed E-state index contributed by atoms with van der Waals surface area (Å²) in [6.45, 7) is 9.81. The van der Waals surface area contributed by atoms with Crippen LogP contribution >= 0.6 is 24.0 Å². The number of carbonyl (C=O) groups is 1. The van der Waals surface area contributed by atoms with Gasteiger partial charge in [-0.2, -0.15) is 0 Å². The fourth-order valence-electron chi connectivity index (χ4n) is 2.82. The second-order valence-corrected chi connectivity index (χ2v) is 6.62. The van der Waals surface area contributed by atoms with Crippen LogP contribution < -0.4 is 20.9 Å². The number of anilines is 1. The van der Waals surface area contributed by atoms with Crippen LogP contribution in [0.2, 0.25) is 0 Å². The van der Waals surface area contributed by atoms with Gasteiger partial charge >= 0.3 is 0 Å². The number of rotatable bonds is 7. The molecular weight excluding hydrogens is 441 g/mol. The van der Waals surface area contributed by atoms with E-state index in [-0.39, 0.29) is 35.8 Å². The molecule has 2 rings (SSSR count). The van der Waals surface area contributed by atoms with Gasteiger partial charge in [0.2, 0.25) is 5.91 Å². The van der Waals surface area contributed by atoms with Gasteiger partial charge in [-0.3, -0.25) is 9.79 Å². The van der Waals surface area contributed by atoms with Gasteiger partial charge in [0, 0.05) is 43.8 Å². The molecule has 1 fully saturated rings. The van der Waals surface area contributed by atoms with Gasteiger partial charge in [0.05, 0.1) is 6.54 Å². The van der Waals surface area contributed by atoms with Crippen molar-refractivity contribution in [3.63, 3.8) is 0 Å². The Morgan fingerprint density at radius 3 is 2.65 bits per heavy atom. The number of nitrogens with one attached hydrogen (secondary N) is 3. The highest BCUT2D eigenvalue weighted by molar-refractivity contribution is 14.0. The van der Waals surface area contributed by atoms with Gasteiger partial charge < -0.3 is 20.9 Å². The maximum Gasteiger partial charge on any atom is 0.222 e. The first-order valence-electron chi connectivity index (χ1n) is 9.22. The first kappa shape index (κ1) is 22.5. The Bertz CT molecular complexity index is 564. The molecule has 146 valence electrons. The normalized spacial score (nSPS) is 17.0. The van der Waals surface area contributed by atoms with Crippen molar-refractivity contribution < 1.29 is 4.79 Å². The van der Waals surface area contributed by atoms with E-state index in [9.17, 15) is 4.79 Å². The third kappa shape index (κ3) is 7.39. The van der Waals surface area contributed by atoms with Crippen LogP contribution in [0.4, 0.5) is 5.69 Å². The van der Waals surface area contributed by atoms with E-state index in [4.69, 9.17) is 0 Å². The number of para-hydroxylation sites is 1. The maximum atomic E-state index is 11.6. The van der Waals surface area contributed by atoms with Crippen molar-refractivity contribution in [3.05, 3.63) is 30.3 Å². The minimum absolute atomic E-state index is 0. The Hall–Kier alpha value is -1.51. The molecule has 1 aliphatic heterocycles. The van der Waals surface area contributed by atoms with Crippen LogP contribution in [-0.4, -0.2) is 50.6 Å². The quantitative estimate of drug-likeness (QED) is 0.246. The summed E-state index contributed by atoms with van der Waals surface area (Å²) in [6, 6.07) is 10.9. The molecule has 1 aromatic carbocycles. The summed E-state index contributed by atoms with van der Waals surface area (Å²) in [4.78, 5) is 18.5. The van der Waals surface area contributed by atoms with E-state index >= 15 is 0 Å². The summed E-state index contributed by atoms with van der Waals surface area (Å²) in [5, 5.41) is 9.69. The third-order valence-electron chi connectivity index (χ3n) is 4.20. The highest BCUT2D eigenvalue weighted by atomic mass is 127. The SMILES string of the molecule is CCNC(=NCCNC(=O)C(C)C)NC1CCN(c2ccccc2)C1.I.